The molecule has 0 aliphatic rings. The maximum atomic E-state index is 5.96. The first-order valence-corrected chi connectivity index (χ1v) is 10.8. The zero-order valence-corrected chi connectivity index (χ0v) is 17.8. The van der Waals surface area contributed by atoms with Crippen molar-refractivity contribution in [1.29, 1.82) is 0 Å². The Hall–Kier alpha value is -4.51. The van der Waals surface area contributed by atoms with Crippen LogP contribution in [-0.2, 0) is 6.61 Å². The van der Waals surface area contributed by atoms with Crippen molar-refractivity contribution >= 4 is 38.9 Å². The second kappa shape index (κ2) is 7.88. The molecule has 0 atom stereocenters. The quantitative estimate of drug-likeness (QED) is 0.316. The molecule has 3 aromatic heterocycles. The molecule has 5 heteroatoms. The lowest BCUT2D eigenvalue weighted by atomic mass is 10.1. The summed E-state index contributed by atoms with van der Waals surface area (Å²) in [6.07, 6.45) is 5.43. The standard InChI is InChI=1S/C28H20N4O/c1-2-18-7-9-19(10-8-18)17-33-21-13-11-20(12-14-21)28-31-26-22-5-3-15-29-24(22)25-23(27(26)32-28)6-4-16-30-25/h2-16H,1,17H2,(H,31,32). The summed E-state index contributed by atoms with van der Waals surface area (Å²) in [5.41, 5.74) is 6.81. The van der Waals surface area contributed by atoms with Crippen LogP contribution in [0.5, 0.6) is 5.75 Å². The first-order valence-electron chi connectivity index (χ1n) is 10.8. The van der Waals surface area contributed by atoms with E-state index in [2.05, 4.69) is 39.7 Å². The van der Waals surface area contributed by atoms with Gasteiger partial charge < -0.3 is 9.72 Å². The van der Waals surface area contributed by atoms with Crippen molar-refractivity contribution in [3.63, 3.8) is 0 Å². The van der Waals surface area contributed by atoms with E-state index in [9.17, 15) is 0 Å². The van der Waals surface area contributed by atoms with E-state index in [1.165, 1.54) is 0 Å². The third-order valence-electron chi connectivity index (χ3n) is 5.82. The Bertz CT molecular complexity index is 1540. The minimum Gasteiger partial charge on any atom is -0.489 e. The van der Waals surface area contributed by atoms with Gasteiger partial charge in [0.15, 0.2) is 0 Å². The van der Waals surface area contributed by atoms with Crippen LogP contribution in [0.3, 0.4) is 0 Å². The summed E-state index contributed by atoms with van der Waals surface area (Å²) in [5, 5.41) is 2.00. The summed E-state index contributed by atoms with van der Waals surface area (Å²) in [7, 11) is 0. The summed E-state index contributed by atoms with van der Waals surface area (Å²) in [6, 6.07) is 24.1. The molecule has 0 aliphatic carbocycles. The second-order valence-electron chi connectivity index (χ2n) is 7.87. The number of pyridine rings is 2. The third kappa shape index (κ3) is 3.40. The normalized spacial score (nSPS) is 11.3. The van der Waals surface area contributed by atoms with Gasteiger partial charge in [-0.3, -0.25) is 9.97 Å². The van der Waals surface area contributed by atoms with Gasteiger partial charge >= 0.3 is 0 Å². The van der Waals surface area contributed by atoms with E-state index in [-0.39, 0.29) is 0 Å². The summed E-state index contributed by atoms with van der Waals surface area (Å²) in [4.78, 5) is 17.6. The van der Waals surface area contributed by atoms with Crippen LogP contribution in [0.1, 0.15) is 11.1 Å². The summed E-state index contributed by atoms with van der Waals surface area (Å²) >= 11 is 0. The lowest BCUT2D eigenvalue weighted by molar-refractivity contribution is 0.306. The molecule has 0 bridgehead atoms. The molecule has 1 N–H and O–H groups in total. The van der Waals surface area contributed by atoms with Crippen LogP contribution in [0.2, 0.25) is 0 Å². The Morgan fingerprint density at radius 1 is 0.788 bits per heavy atom. The smallest absolute Gasteiger partial charge is 0.138 e. The third-order valence-corrected chi connectivity index (χ3v) is 5.82. The molecule has 5 nitrogen and oxygen atoms in total. The molecule has 3 heterocycles. The van der Waals surface area contributed by atoms with Gasteiger partial charge in [-0.15, -0.1) is 0 Å². The highest BCUT2D eigenvalue weighted by Gasteiger charge is 2.15. The molecule has 6 aromatic rings. The lowest BCUT2D eigenvalue weighted by Crippen LogP contribution is -1.95. The van der Waals surface area contributed by atoms with Crippen molar-refractivity contribution in [3.05, 3.63) is 103 Å². The molecule has 0 aliphatic heterocycles. The van der Waals surface area contributed by atoms with Crippen LogP contribution < -0.4 is 4.74 Å². The molecule has 0 amide bonds. The number of aromatic nitrogens is 4. The van der Waals surface area contributed by atoms with Gasteiger partial charge in [-0.25, -0.2) is 4.98 Å². The van der Waals surface area contributed by atoms with Gasteiger partial charge in [-0.1, -0.05) is 36.9 Å². The number of H-pyrrole nitrogens is 1. The van der Waals surface area contributed by atoms with E-state index in [0.29, 0.717) is 6.61 Å². The Labute approximate surface area is 190 Å². The number of imidazole rings is 1. The largest absolute Gasteiger partial charge is 0.489 e. The fraction of sp³-hybridized carbons (Fsp3) is 0.0357. The monoisotopic (exact) mass is 428 g/mol. The van der Waals surface area contributed by atoms with E-state index in [1.54, 1.807) is 12.4 Å². The number of aromatic amines is 1. The minimum atomic E-state index is 0.513. The number of nitrogens with zero attached hydrogens (tertiary/aromatic N) is 3. The average molecular weight is 428 g/mol. The van der Waals surface area contributed by atoms with Gasteiger partial charge in [0.2, 0.25) is 0 Å². The number of hydrogen-bond donors (Lipinski definition) is 1. The van der Waals surface area contributed by atoms with Gasteiger partial charge in [0.25, 0.3) is 0 Å². The van der Waals surface area contributed by atoms with Crippen LogP contribution in [-0.4, -0.2) is 19.9 Å². The Morgan fingerprint density at radius 3 is 2.21 bits per heavy atom. The van der Waals surface area contributed by atoms with E-state index < -0.39 is 0 Å². The predicted octanol–water partition coefficient (Wildman–Crippen LogP) is 6.55. The van der Waals surface area contributed by atoms with E-state index in [1.807, 2.05) is 60.7 Å². The molecule has 6 rings (SSSR count). The van der Waals surface area contributed by atoms with E-state index in [0.717, 1.165) is 61.1 Å². The molecule has 3 aromatic carbocycles. The highest BCUT2D eigenvalue weighted by molar-refractivity contribution is 6.21. The maximum absolute atomic E-state index is 5.96. The van der Waals surface area contributed by atoms with Gasteiger partial charge in [-0.2, -0.15) is 0 Å². The molecular formula is C28H20N4O. The Kier molecular flexibility index (Phi) is 4.58. The molecule has 0 saturated carbocycles. The predicted molar refractivity (Wildman–Crippen MR) is 133 cm³/mol. The molecule has 0 saturated heterocycles. The zero-order valence-electron chi connectivity index (χ0n) is 17.8. The SMILES string of the molecule is C=Cc1ccc(COc2ccc(-c3nc4c5cccnc5c5ncccc5c4[nH]3)cc2)cc1. The zero-order chi connectivity index (χ0) is 22.2. The van der Waals surface area contributed by atoms with Gasteiger partial charge in [0, 0.05) is 28.7 Å². The second-order valence-corrected chi connectivity index (χ2v) is 7.87. The summed E-state index contributed by atoms with van der Waals surface area (Å²) < 4.78 is 5.96. The first kappa shape index (κ1) is 19.2. The van der Waals surface area contributed by atoms with Gasteiger partial charge in [-0.05, 0) is 59.7 Å². The van der Waals surface area contributed by atoms with Crippen LogP contribution >= 0.6 is 0 Å². The van der Waals surface area contributed by atoms with Crippen molar-refractivity contribution in [1.82, 2.24) is 19.9 Å². The molecular weight excluding hydrogens is 408 g/mol. The highest BCUT2D eigenvalue weighted by Crippen LogP contribution is 2.33. The lowest BCUT2D eigenvalue weighted by Gasteiger charge is -2.07. The molecule has 0 spiro atoms. The van der Waals surface area contributed by atoms with Gasteiger partial charge in [0.05, 0.1) is 22.1 Å². The fourth-order valence-corrected chi connectivity index (χ4v) is 4.11. The first-order chi connectivity index (χ1) is 16.3. The number of nitrogens with one attached hydrogen (secondary N) is 1. The minimum absolute atomic E-state index is 0.513. The van der Waals surface area contributed by atoms with Crippen molar-refractivity contribution in [2.75, 3.05) is 0 Å². The van der Waals surface area contributed by atoms with Crippen LogP contribution in [0.4, 0.5) is 0 Å². The summed E-state index contributed by atoms with van der Waals surface area (Å²) in [5.74, 6) is 1.62. The summed E-state index contributed by atoms with van der Waals surface area (Å²) in [6.45, 7) is 4.30. The molecule has 0 unspecified atom stereocenters. The Balaban J connectivity index is 1.33. The number of rotatable bonds is 5. The number of fused-ring (bicyclic) bond motifs is 6. The van der Waals surface area contributed by atoms with Crippen molar-refractivity contribution in [2.45, 2.75) is 6.61 Å². The number of benzene rings is 3. The Morgan fingerprint density at radius 2 is 1.48 bits per heavy atom. The number of hydrogen-bond acceptors (Lipinski definition) is 4. The number of ether oxygens (including phenoxy) is 1. The highest BCUT2D eigenvalue weighted by atomic mass is 16.5. The van der Waals surface area contributed by atoms with Crippen molar-refractivity contribution in [2.24, 2.45) is 0 Å². The molecule has 0 radical (unpaired) electrons. The van der Waals surface area contributed by atoms with E-state index >= 15 is 0 Å². The van der Waals surface area contributed by atoms with Crippen molar-refractivity contribution < 1.29 is 4.74 Å². The maximum Gasteiger partial charge on any atom is 0.138 e. The van der Waals surface area contributed by atoms with Crippen LogP contribution in [0.25, 0.3) is 50.3 Å². The van der Waals surface area contributed by atoms with Crippen LogP contribution in [0.15, 0.2) is 91.8 Å². The molecule has 33 heavy (non-hydrogen) atoms. The average Bonchev–Trinajstić information content (AvgIpc) is 3.34. The van der Waals surface area contributed by atoms with Crippen molar-refractivity contribution in [3.8, 4) is 17.1 Å². The fourth-order valence-electron chi connectivity index (χ4n) is 4.11. The van der Waals surface area contributed by atoms with E-state index in [4.69, 9.17) is 9.72 Å². The molecule has 0 fully saturated rings. The van der Waals surface area contributed by atoms with Gasteiger partial charge in [0.1, 0.15) is 18.2 Å². The van der Waals surface area contributed by atoms with Crippen LogP contribution in [0, 0.1) is 0 Å². The topological polar surface area (TPSA) is 63.7 Å². The molecule has 158 valence electrons.